The van der Waals surface area contributed by atoms with Crippen LogP contribution in [0.1, 0.15) is 28.7 Å². The molecule has 0 spiro atoms. The zero-order chi connectivity index (χ0) is 12.8. The first-order chi connectivity index (χ1) is 8.78. The number of rotatable bonds is 2. The van der Waals surface area contributed by atoms with Crippen LogP contribution in [0, 0.1) is 25.7 Å². The Kier molecular flexibility index (Phi) is 4.20. The van der Waals surface area contributed by atoms with Crippen molar-refractivity contribution < 1.29 is 0 Å². The van der Waals surface area contributed by atoms with Crippen LogP contribution in [-0.2, 0) is 6.42 Å². The summed E-state index contributed by atoms with van der Waals surface area (Å²) < 4.78 is 0. The molecular weight excluding hydrogens is 216 g/mol. The molecule has 2 aromatic rings. The Balaban J connectivity index is 2.12. The van der Waals surface area contributed by atoms with Crippen LogP contribution in [0.15, 0.2) is 48.5 Å². The molecule has 0 nitrogen and oxygen atoms in total. The normalized spacial score (nSPS) is 9.67. The Morgan fingerprint density at radius 3 is 1.83 bits per heavy atom. The molecule has 0 N–H and O–H groups in total. The smallest absolute Gasteiger partial charge is 0.0249 e. The summed E-state index contributed by atoms with van der Waals surface area (Å²) in [5.74, 6) is 6.33. The van der Waals surface area contributed by atoms with E-state index in [0.29, 0.717) is 6.42 Å². The van der Waals surface area contributed by atoms with E-state index in [1.165, 1.54) is 11.1 Å². The monoisotopic (exact) mass is 232 g/mol. The van der Waals surface area contributed by atoms with Gasteiger partial charge < -0.3 is 0 Å². The molecule has 0 amide bonds. The Hall–Kier alpha value is -2.00. The van der Waals surface area contributed by atoms with Crippen molar-refractivity contribution in [1.82, 2.24) is 0 Å². The summed E-state index contributed by atoms with van der Waals surface area (Å²) in [5, 5.41) is 0. The highest BCUT2D eigenvalue weighted by Crippen LogP contribution is 2.06. The van der Waals surface area contributed by atoms with Gasteiger partial charge in [0.25, 0.3) is 0 Å². The molecule has 0 aliphatic rings. The second-order valence-electron chi connectivity index (χ2n) is 4.35. The predicted octanol–water partition coefficient (Wildman–Crippen LogP) is 4.04. The summed E-state index contributed by atoms with van der Waals surface area (Å²) in [6.45, 7) is 7.59. The first kappa shape index (κ1) is 12.5. The molecule has 0 heterocycles. The molecule has 0 atom stereocenters. The van der Waals surface area contributed by atoms with Crippen LogP contribution in [-0.4, -0.2) is 0 Å². The summed E-state index contributed by atoms with van der Waals surface area (Å²) >= 11 is 0. The molecule has 0 aliphatic heterocycles. The van der Waals surface area contributed by atoms with Crippen LogP contribution in [0.25, 0.3) is 0 Å². The van der Waals surface area contributed by atoms with Gasteiger partial charge in [-0.2, -0.15) is 0 Å². The largest absolute Gasteiger partial charge is 0.0617 e. The minimum absolute atomic E-state index is 0.689. The second kappa shape index (κ2) is 6.07. The lowest BCUT2D eigenvalue weighted by Crippen LogP contribution is -1.83. The molecule has 0 aliphatic carbocycles. The van der Waals surface area contributed by atoms with Crippen molar-refractivity contribution in [2.24, 2.45) is 0 Å². The maximum absolute atomic E-state index is 5.52. The Bertz CT molecular complexity index is 548. The molecular formula is C18H16. The average Bonchev–Trinajstić information content (AvgIpc) is 2.40. The number of hydrogen-bond acceptors (Lipinski definition) is 0. The van der Waals surface area contributed by atoms with E-state index in [9.17, 15) is 0 Å². The van der Waals surface area contributed by atoms with Gasteiger partial charge in [0.05, 0.1) is 0 Å². The highest BCUT2D eigenvalue weighted by molar-refractivity contribution is 5.43. The van der Waals surface area contributed by atoms with Crippen molar-refractivity contribution in [2.45, 2.75) is 19.8 Å². The Labute approximate surface area is 110 Å². The van der Waals surface area contributed by atoms with E-state index in [-0.39, 0.29) is 0 Å². The number of hydrogen-bond donors (Lipinski definition) is 0. The molecule has 2 radical (unpaired) electrons. The molecule has 0 saturated carbocycles. The Morgan fingerprint density at radius 1 is 0.833 bits per heavy atom. The van der Waals surface area contributed by atoms with E-state index in [4.69, 9.17) is 6.92 Å². The van der Waals surface area contributed by atoms with Crippen LogP contribution in [0.5, 0.6) is 0 Å². The highest BCUT2D eigenvalue weighted by atomic mass is 14.0. The van der Waals surface area contributed by atoms with Gasteiger partial charge >= 0.3 is 0 Å². The lowest BCUT2D eigenvalue weighted by molar-refractivity contribution is 0.999. The number of aryl methyl sites for hydroxylation is 2. The first-order valence-corrected chi connectivity index (χ1v) is 6.15. The van der Waals surface area contributed by atoms with Crippen molar-refractivity contribution in [3.63, 3.8) is 0 Å². The maximum Gasteiger partial charge on any atom is 0.0249 e. The van der Waals surface area contributed by atoms with Gasteiger partial charge in [-0.1, -0.05) is 41.7 Å². The molecule has 2 aromatic carbocycles. The van der Waals surface area contributed by atoms with Crippen LogP contribution in [0.2, 0.25) is 0 Å². The zero-order valence-corrected chi connectivity index (χ0v) is 10.6. The molecule has 0 bridgehead atoms. The maximum atomic E-state index is 5.52. The minimum atomic E-state index is 0.689. The fourth-order valence-electron chi connectivity index (χ4n) is 1.70. The van der Waals surface area contributed by atoms with Crippen molar-refractivity contribution in [1.29, 1.82) is 0 Å². The summed E-state index contributed by atoms with van der Waals surface area (Å²) in [6, 6.07) is 16.5. The first-order valence-electron chi connectivity index (χ1n) is 6.15. The van der Waals surface area contributed by atoms with Gasteiger partial charge in [0.2, 0.25) is 0 Å². The van der Waals surface area contributed by atoms with Gasteiger partial charge in [-0.15, -0.1) is 0 Å². The van der Waals surface area contributed by atoms with Gasteiger partial charge in [-0.25, -0.2) is 0 Å². The van der Waals surface area contributed by atoms with E-state index in [2.05, 4.69) is 43.0 Å². The van der Waals surface area contributed by atoms with Gasteiger partial charge in [-0.05, 0) is 56.5 Å². The van der Waals surface area contributed by atoms with Gasteiger partial charge in [0.15, 0.2) is 0 Å². The molecule has 0 saturated heterocycles. The van der Waals surface area contributed by atoms with Gasteiger partial charge in [0, 0.05) is 11.1 Å². The van der Waals surface area contributed by atoms with E-state index in [1.807, 2.05) is 24.3 Å². The van der Waals surface area contributed by atoms with Crippen LogP contribution in [0.4, 0.5) is 0 Å². The van der Waals surface area contributed by atoms with Crippen LogP contribution in [0.3, 0.4) is 0 Å². The van der Waals surface area contributed by atoms with Crippen LogP contribution < -0.4 is 0 Å². The highest BCUT2D eigenvalue weighted by Gasteiger charge is 1.91. The van der Waals surface area contributed by atoms with Crippen molar-refractivity contribution >= 4 is 0 Å². The third kappa shape index (κ3) is 3.50. The van der Waals surface area contributed by atoms with Crippen molar-refractivity contribution in [2.75, 3.05) is 0 Å². The third-order valence-electron chi connectivity index (χ3n) is 2.79. The molecule has 0 aromatic heterocycles. The summed E-state index contributed by atoms with van der Waals surface area (Å²) in [4.78, 5) is 0. The van der Waals surface area contributed by atoms with Crippen molar-refractivity contribution in [3.8, 4) is 11.8 Å². The predicted molar refractivity (Wildman–Crippen MR) is 76.2 cm³/mol. The number of benzene rings is 2. The quantitative estimate of drug-likeness (QED) is 0.685. The van der Waals surface area contributed by atoms with E-state index in [0.717, 1.165) is 17.5 Å². The molecule has 18 heavy (non-hydrogen) atoms. The van der Waals surface area contributed by atoms with E-state index >= 15 is 0 Å². The van der Waals surface area contributed by atoms with Crippen LogP contribution >= 0.6 is 0 Å². The topological polar surface area (TPSA) is 0 Å². The van der Waals surface area contributed by atoms with E-state index < -0.39 is 0 Å². The molecule has 0 unspecified atom stereocenters. The Morgan fingerprint density at radius 2 is 1.33 bits per heavy atom. The van der Waals surface area contributed by atoms with Crippen molar-refractivity contribution in [3.05, 3.63) is 77.7 Å². The molecule has 0 fully saturated rings. The average molecular weight is 232 g/mol. The lowest BCUT2D eigenvalue weighted by Gasteiger charge is -1.97. The standard InChI is InChI=1S/C18H16/c1-3-4-16-9-11-18(12-10-16)14-13-17-7-5-15(2)6-8-17/h1,5-12H,3-4H2,2H3. The summed E-state index contributed by atoms with van der Waals surface area (Å²) in [5.41, 5.74) is 4.60. The van der Waals surface area contributed by atoms with Gasteiger partial charge in [0.1, 0.15) is 0 Å². The zero-order valence-electron chi connectivity index (χ0n) is 10.6. The fraction of sp³-hybridized carbons (Fsp3) is 0.167. The summed E-state index contributed by atoms with van der Waals surface area (Å²) in [6.07, 6.45) is 1.61. The molecule has 88 valence electrons. The second-order valence-corrected chi connectivity index (χ2v) is 4.35. The fourth-order valence-corrected chi connectivity index (χ4v) is 1.70. The van der Waals surface area contributed by atoms with Gasteiger partial charge in [-0.3, -0.25) is 0 Å². The summed E-state index contributed by atoms with van der Waals surface area (Å²) in [7, 11) is 0. The third-order valence-corrected chi connectivity index (χ3v) is 2.79. The van der Waals surface area contributed by atoms with E-state index in [1.54, 1.807) is 0 Å². The molecule has 2 rings (SSSR count). The lowest BCUT2D eigenvalue weighted by atomic mass is 10.1. The molecule has 0 heteroatoms. The SMILES string of the molecule is [CH]CCc1ccc(C#Cc2ccc(C)cc2)cc1. The minimum Gasteiger partial charge on any atom is -0.0617 e.